The van der Waals surface area contributed by atoms with Crippen LogP contribution in [0.2, 0.25) is 0 Å². The van der Waals surface area contributed by atoms with Gasteiger partial charge in [-0.1, -0.05) is 0 Å². The third-order valence-corrected chi connectivity index (χ3v) is 4.29. The number of nitrogens with one attached hydrogen (secondary N) is 2. The summed E-state index contributed by atoms with van der Waals surface area (Å²) in [5.74, 6) is -0.155. The third kappa shape index (κ3) is 2.53. The molecule has 1 unspecified atom stereocenters. The normalized spacial score (nSPS) is 22.8. The molecule has 2 amide bonds. The topological polar surface area (TPSA) is 67.4 Å². The van der Waals surface area contributed by atoms with E-state index < -0.39 is 5.41 Å². The Hall–Kier alpha value is -1.88. The summed E-state index contributed by atoms with van der Waals surface area (Å²) in [7, 11) is 0. The first-order chi connectivity index (χ1) is 9.98. The van der Waals surface area contributed by atoms with Crippen molar-refractivity contribution in [2.24, 2.45) is 0 Å². The van der Waals surface area contributed by atoms with E-state index in [9.17, 15) is 9.59 Å². The second kappa shape index (κ2) is 5.15. The van der Waals surface area contributed by atoms with Crippen molar-refractivity contribution >= 4 is 17.5 Å². The number of carbonyl (C=O) groups excluding carboxylic acids is 2. The lowest BCUT2D eigenvalue weighted by atomic mass is 9.85. The minimum absolute atomic E-state index is 0.0330. The molecule has 0 bridgehead atoms. The molecule has 0 radical (unpaired) electrons. The highest BCUT2D eigenvalue weighted by molar-refractivity contribution is 6.07. The molecule has 112 valence electrons. The average Bonchev–Trinajstić information content (AvgIpc) is 3.04. The molecular formula is C16H20N2O3. The number of ether oxygens (including phenoxy) is 1. The smallest absolute Gasteiger partial charge is 0.251 e. The molecule has 5 heteroatoms. The van der Waals surface area contributed by atoms with Gasteiger partial charge in [-0.15, -0.1) is 0 Å². The first-order valence-electron chi connectivity index (χ1n) is 7.34. The molecule has 1 aromatic rings. The van der Waals surface area contributed by atoms with Crippen molar-refractivity contribution in [1.82, 2.24) is 5.32 Å². The fourth-order valence-electron chi connectivity index (χ4n) is 2.83. The van der Waals surface area contributed by atoms with Crippen LogP contribution in [0.5, 0.6) is 0 Å². The minimum Gasteiger partial charge on any atom is -0.376 e. The van der Waals surface area contributed by atoms with Gasteiger partial charge in [0.15, 0.2) is 0 Å². The summed E-state index contributed by atoms with van der Waals surface area (Å²) in [6.07, 6.45) is 2.18. The van der Waals surface area contributed by atoms with E-state index in [0.29, 0.717) is 12.1 Å². The molecule has 0 spiro atoms. The summed E-state index contributed by atoms with van der Waals surface area (Å²) in [6.45, 7) is 5.04. The van der Waals surface area contributed by atoms with Crippen LogP contribution in [-0.4, -0.2) is 31.1 Å². The van der Waals surface area contributed by atoms with Crippen LogP contribution in [0.3, 0.4) is 0 Å². The van der Waals surface area contributed by atoms with Gasteiger partial charge in [-0.2, -0.15) is 0 Å². The third-order valence-electron chi connectivity index (χ3n) is 4.29. The quantitative estimate of drug-likeness (QED) is 0.891. The largest absolute Gasteiger partial charge is 0.376 e. The van der Waals surface area contributed by atoms with E-state index in [2.05, 4.69) is 10.6 Å². The molecule has 3 rings (SSSR count). The molecule has 21 heavy (non-hydrogen) atoms. The monoisotopic (exact) mass is 288 g/mol. The van der Waals surface area contributed by atoms with Gasteiger partial charge in [0.1, 0.15) is 0 Å². The first kappa shape index (κ1) is 14.1. The van der Waals surface area contributed by atoms with Gasteiger partial charge in [-0.3, -0.25) is 9.59 Å². The minimum atomic E-state index is -0.597. The van der Waals surface area contributed by atoms with E-state index in [4.69, 9.17) is 4.74 Å². The summed E-state index contributed by atoms with van der Waals surface area (Å²) < 4.78 is 5.49. The van der Waals surface area contributed by atoms with Crippen LogP contribution in [0.15, 0.2) is 18.2 Å². The summed E-state index contributed by atoms with van der Waals surface area (Å²) in [4.78, 5) is 24.1. The number of amides is 2. The summed E-state index contributed by atoms with van der Waals surface area (Å²) in [6, 6.07) is 5.34. The highest BCUT2D eigenvalue weighted by Crippen LogP contribution is 2.37. The number of hydrogen-bond acceptors (Lipinski definition) is 3. The molecule has 1 aromatic carbocycles. The second-order valence-electron chi connectivity index (χ2n) is 6.18. The zero-order chi connectivity index (χ0) is 15.0. The van der Waals surface area contributed by atoms with Crippen LogP contribution in [0, 0.1) is 0 Å². The fraction of sp³-hybridized carbons (Fsp3) is 0.500. The van der Waals surface area contributed by atoms with Gasteiger partial charge in [-0.05, 0) is 50.5 Å². The molecule has 0 saturated carbocycles. The van der Waals surface area contributed by atoms with Gasteiger partial charge in [0.2, 0.25) is 5.91 Å². The maximum Gasteiger partial charge on any atom is 0.251 e. The zero-order valence-electron chi connectivity index (χ0n) is 12.4. The zero-order valence-corrected chi connectivity index (χ0v) is 12.4. The number of rotatable bonds is 3. The van der Waals surface area contributed by atoms with Crippen LogP contribution < -0.4 is 10.6 Å². The molecule has 5 nitrogen and oxygen atoms in total. The predicted octanol–water partition coefficient (Wildman–Crippen LogP) is 1.83. The van der Waals surface area contributed by atoms with Crippen molar-refractivity contribution in [2.45, 2.75) is 38.2 Å². The van der Waals surface area contributed by atoms with Crippen LogP contribution in [0.25, 0.3) is 0 Å². The highest BCUT2D eigenvalue weighted by atomic mass is 16.5. The van der Waals surface area contributed by atoms with Crippen molar-refractivity contribution in [3.05, 3.63) is 29.3 Å². The van der Waals surface area contributed by atoms with Crippen molar-refractivity contribution in [3.8, 4) is 0 Å². The van der Waals surface area contributed by atoms with E-state index in [1.165, 1.54) is 0 Å². The molecule has 2 heterocycles. The van der Waals surface area contributed by atoms with Crippen LogP contribution in [0.4, 0.5) is 5.69 Å². The van der Waals surface area contributed by atoms with Gasteiger partial charge in [-0.25, -0.2) is 0 Å². The van der Waals surface area contributed by atoms with Gasteiger partial charge in [0.25, 0.3) is 5.91 Å². The first-order valence-corrected chi connectivity index (χ1v) is 7.34. The SMILES string of the molecule is CC1(C)C(=O)Nc2ccc(C(=O)NCC3CCCO3)cc21. The lowest BCUT2D eigenvalue weighted by Crippen LogP contribution is -2.32. The molecule has 0 aliphatic carbocycles. The second-order valence-corrected chi connectivity index (χ2v) is 6.18. The van der Waals surface area contributed by atoms with E-state index in [0.717, 1.165) is 30.7 Å². The fourth-order valence-corrected chi connectivity index (χ4v) is 2.83. The summed E-state index contributed by atoms with van der Waals surface area (Å²) in [5, 5.41) is 5.74. The number of anilines is 1. The number of fused-ring (bicyclic) bond motifs is 1. The van der Waals surface area contributed by atoms with Gasteiger partial charge >= 0.3 is 0 Å². The van der Waals surface area contributed by atoms with Crippen molar-refractivity contribution in [1.29, 1.82) is 0 Å². The molecule has 0 aromatic heterocycles. The molecule has 2 N–H and O–H groups in total. The molecular weight excluding hydrogens is 268 g/mol. The Morgan fingerprint density at radius 1 is 1.48 bits per heavy atom. The highest BCUT2D eigenvalue weighted by Gasteiger charge is 2.38. The van der Waals surface area contributed by atoms with Gasteiger partial charge in [0, 0.05) is 24.4 Å². The Balaban J connectivity index is 1.73. The maximum atomic E-state index is 12.2. The van der Waals surface area contributed by atoms with Crippen molar-refractivity contribution in [2.75, 3.05) is 18.5 Å². The maximum absolute atomic E-state index is 12.2. The van der Waals surface area contributed by atoms with Crippen molar-refractivity contribution in [3.63, 3.8) is 0 Å². The molecule has 2 aliphatic heterocycles. The summed E-state index contributed by atoms with van der Waals surface area (Å²) in [5.41, 5.74) is 1.65. The van der Waals surface area contributed by atoms with E-state index in [-0.39, 0.29) is 17.9 Å². The molecule has 2 aliphatic rings. The van der Waals surface area contributed by atoms with Crippen LogP contribution in [0.1, 0.15) is 42.6 Å². The summed E-state index contributed by atoms with van der Waals surface area (Å²) >= 11 is 0. The predicted molar refractivity (Wildman–Crippen MR) is 79.4 cm³/mol. The van der Waals surface area contributed by atoms with Gasteiger partial charge < -0.3 is 15.4 Å². The Bertz CT molecular complexity index is 589. The standard InChI is InChI=1S/C16H20N2O3/c1-16(2)12-8-10(5-6-13(12)18-15(16)20)14(19)17-9-11-4-3-7-21-11/h5-6,8,11H,3-4,7,9H2,1-2H3,(H,17,19)(H,18,20). The molecule has 1 atom stereocenters. The Morgan fingerprint density at radius 3 is 3.00 bits per heavy atom. The van der Waals surface area contributed by atoms with Crippen LogP contribution >= 0.6 is 0 Å². The molecule has 1 fully saturated rings. The van der Waals surface area contributed by atoms with Crippen molar-refractivity contribution < 1.29 is 14.3 Å². The average molecular weight is 288 g/mol. The lowest BCUT2D eigenvalue weighted by Gasteiger charge is -2.16. The van der Waals surface area contributed by atoms with Gasteiger partial charge in [0.05, 0.1) is 11.5 Å². The van der Waals surface area contributed by atoms with E-state index in [1.807, 2.05) is 13.8 Å². The van der Waals surface area contributed by atoms with E-state index in [1.54, 1.807) is 18.2 Å². The lowest BCUT2D eigenvalue weighted by molar-refractivity contribution is -0.119. The Kier molecular flexibility index (Phi) is 3.45. The van der Waals surface area contributed by atoms with E-state index >= 15 is 0 Å². The molecule has 1 saturated heterocycles. The number of benzene rings is 1. The van der Waals surface area contributed by atoms with Crippen LogP contribution in [-0.2, 0) is 14.9 Å². The number of hydrogen-bond donors (Lipinski definition) is 2. The number of carbonyl (C=O) groups is 2. The Morgan fingerprint density at radius 2 is 2.29 bits per heavy atom. The Labute approximate surface area is 124 Å².